The Kier molecular flexibility index (Phi) is 5.78. The molecule has 1 aliphatic rings. The number of thioether (sulfide) groups is 1. The Hall–Kier alpha value is -0.910. The largest absolute Gasteiger partial charge is 0.481 e. The van der Waals surface area contributed by atoms with Crippen LogP contribution in [0.5, 0.6) is 0 Å². The molecular formula is C12H22N2O3S. The zero-order chi connectivity index (χ0) is 13.7. The Bertz CT molecular complexity index is 306. The SMILES string of the molecule is CSC(C)CCNC(=O)N1CC(C(C)C(=O)O)C1. The van der Waals surface area contributed by atoms with Gasteiger partial charge in [0.2, 0.25) is 0 Å². The Morgan fingerprint density at radius 1 is 1.44 bits per heavy atom. The smallest absolute Gasteiger partial charge is 0.317 e. The Balaban J connectivity index is 2.17. The number of nitrogens with one attached hydrogen (secondary N) is 1. The fraction of sp³-hybridized carbons (Fsp3) is 0.833. The number of nitrogens with zero attached hydrogens (tertiary/aromatic N) is 1. The molecule has 0 aromatic rings. The molecule has 2 unspecified atom stereocenters. The third kappa shape index (κ3) is 4.08. The summed E-state index contributed by atoms with van der Waals surface area (Å²) < 4.78 is 0. The topological polar surface area (TPSA) is 69.6 Å². The van der Waals surface area contributed by atoms with E-state index in [1.54, 1.807) is 23.6 Å². The summed E-state index contributed by atoms with van der Waals surface area (Å²) in [7, 11) is 0. The Morgan fingerprint density at radius 3 is 2.56 bits per heavy atom. The van der Waals surface area contributed by atoms with E-state index in [0.717, 1.165) is 6.42 Å². The summed E-state index contributed by atoms with van der Waals surface area (Å²) >= 11 is 1.78. The van der Waals surface area contributed by atoms with Crippen LogP contribution in [-0.2, 0) is 4.79 Å². The molecule has 6 heteroatoms. The third-order valence-electron chi connectivity index (χ3n) is 3.52. The molecule has 0 aromatic heterocycles. The lowest BCUT2D eigenvalue weighted by atomic mass is 9.87. The molecule has 0 spiro atoms. The number of carboxylic acids is 1. The van der Waals surface area contributed by atoms with Crippen LogP contribution in [-0.4, -0.2) is 53.1 Å². The highest BCUT2D eigenvalue weighted by molar-refractivity contribution is 7.99. The summed E-state index contributed by atoms with van der Waals surface area (Å²) in [6.07, 6.45) is 3.01. The number of hydrogen-bond donors (Lipinski definition) is 2. The van der Waals surface area contributed by atoms with Crippen molar-refractivity contribution >= 4 is 23.8 Å². The number of likely N-dealkylation sites (tertiary alicyclic amines) is 1. The van der Waals surface area contributed by atoms with Crippen molar-refractivity contribution in [3.8, 4) is 0 Å². The average Bonchev–Trinajstić information content (AvgIpc) is 2.26. The quantitative estimate of drug-likeness (QED) is 0.770. The summed E-state index contributed by atoms with van der Waals surface area (Å²) in [5.74, 6) is -1.06. The van der Waals surface area contributed by atoms with Crippen molar-refractivity contribution in [1.82, 2.24) is 10.2 Å². The number of hydrogen-bond acceptors (Lipinski definition) is 3. The first-order chi connectivity index (χ1) is 8.45. The average molecular weight is 274 g/mol. The lowest BCUT2D eigenvalue weighted by Gasteiger charge is -2.41. The van der Waals surface area contributed by atoms with Crippen LogP contribution in [0.15, 0.2) is 0 Å². The maximum atomic E-state index is 11.7. The number of rotatable bonds is 6. The standard InChI is InChI=1S/C12H22N2O3S/c1-8(18-3)4-5-13-12(17)14-6-10(7-14)9(2)11(15)16/h8-10H,4-7H2,1-3H3,(H,13,17)(H,15,16). The highest BCUT2D eigenvalue weighted by atomic mass is 32.2. The van der Waals surface area contributed by atoms with E-state index < -0.39 is 5.97 Å². The molecular weight excluding hydrogens is 252 g/mol. The van der Waals surface area contributed by atoms with Gasteiger partial charge in [0.05, 0.1) is 5.92 Å². The Morgan fingerprint density at radius 2 is 2.06 bits per heavy atom. The van der Waals surface area contributed by atoms with Crippen molar-refractivity contribution < 1.29 is 14.7 Å². The molecule has 2 atom stereocenters. The van der Waals surface area contributed by atoms with E-state index in [9.17, 15) is 9.59 Å². The van der Waals surface area contributed by atoms with E-state index >= 15 is 0 Å². The molecule has 1 fully saturated rings. The lowest BCUT2D eigenvalue weighted by molar-refractivity contribution is -0.144. The molecule has 1 heterocycles. The fourth-order valence-corrected chi connectivity index (χ4v) is 2.16. The molecule has 5 nitrogen and oxygen atoms in total. The molecule has 2 N–H and O–H groups in total. The number of carboxylic acid groups (broad SMARTS) is 1. The van der Waals surface area contributed by atoms with Crippen LogP contribution in [0.4, 0.5) is 4.79 Å². The molecule has 1 saturated heterocycles. The number of aliphatic carboxylic acids is 1. The van der Waals surface area contributed by atoms with Gasteiger partial charge in [0, 0.05) is 30.8 Å². The zero-order valence-electron chi connectivity index (χ0n) is 11.2. The van der Waals surface area contributed by atoms with Crippen molar-refractivity contribution in [2.24, 2.45) is 11.8 Å². The first-order valence-corrected chi connectivity index (χ1v) is 7.52. The first-order valence-electron chi connectivity index (χ1n) is 6.24. The Labute approximate surface area is 112 Å². The van der Waals surface area contributed by atoms with Gasteiger partial charge in [0.25, 0.3) is 0 Å². The van der Waals surface area contributed by atoms with E-state index in [0.29, 0.717) is 24.9 Å². The van der Waals surface area contributed by atoms with Gasteiger partial charge < -0.3 is 15.3 Å². The van der Waals surface area contributed by atoms with Gasteiger partial charge in [-0.3, -0.25) is 4.79 Å². The second-order valence-corrected chi connectivity index (χ2v) is 6.14. The second kappa shape index (κ2) is 6.87. The van der Waals surface area contributed by atoms with Crippen LogP contribution in [0.2, 0.25) is 0 Å². The second-order valence-electron chi connectivity index (χ2n) is 4.86. The number of carbonyl (C=O) groups excluding carboxylic acids is 1. The van der Waals surface area contributed by atoms with Crippen LogP contribution >= 0.6 is 11.8 Å². The van der Waals surface area contributed by atoms with E-state index in [1.165, 1.54) is 0 Å². The van der Waals surface area contributed by atoms with E-state index in [4.69, 9.17) is 5.11 Å². The number of carbonyl (C=O) groups is 2. The van der Waals surface area contributed by atoms with Crippen molar-refractivity contribution in [1.29, 1.82) is 0 Å². The molecule has 0 radical (unpaired) electrons. The van der Waals surface area contributed by atoms with Crippen molar-refractivity contribution in [2.75, 3.05) is 25.9 Å². The monoisotopic (exact) mass is 274 g/mol. The zero-order valence-corrected chi connectivity index (χ0v) is 12.0. The molecule has 0 aromatic carbocycles. The van der Waals surface area contributed by atoms with E-state index in [-0.39, 0.29) is 17.9 Å². The van der Waals surface area contributed by atoms with E-state index in [2.05, 4.69) is 18.5 Å². The summed E-state index contributed by atoms with van der Waals surface area (Å²) in [5.41, 5.74) is 0. The van der Waals surface area contributed by atoms with Crippen LogP contribution in [0.3, 0.4) is 0 Å². The minimum absolute atomic E-state index is 0.0721. The molecule has 2 amide bonds. The van der Waals surface area contributed by atoms with Crippen LogP contribution in [0, 0.1) is 11.8 Å². The molecule has 1 rings (SSSR count). The predicted molar refractivity (Wildman–Crippen MR) is 72.9 cm³/mol. The third-order valence-corrected chi connectivity index (χ3v) is 4.56. The van der Waals surface area contributed by atoms with E-state index in [1.807, 2.05) is 0 Å². The molecule has 0 bridgehead atoms. The summed E-state index contributed by atoms with van der Waals surface area (Å²) in [5, 5.41) is 12.3. The highest BCUT2D eigenvalue weighted by Crippen LogP contribution is 2.23. The molecule has 18 heavy (non-hydrogen) atoms. The van der Waals surface area contributed by atoms with Gasteiger partial charge in [0.1, 0.15) is 0 Å². The van der Waals surface area contributed by atoms with Crippen molar-refractivity contribution in [3.05, 3.63) is 0 Å². The van der Waals surface area contributed by atoms with Crippen molar-refractivity contribution in [2.45, 2.75) is 25.5 Å². The van der Waals surface area contributed by atoms with Crippen LogP contribution < -0.4 is 5.32 Å². The molecule has 1 aliphatic heterocycles. The minimum Gasteiger partial charge on any atom is -0.481 e. The molecule has 0 aliphatic carbocycles. The summed E-state index contributed by atoms with van der Waals surface area (Å²) in [6, 6.07) is -0.0721. The van der Waals surface area contributed by atoms with Crippen molar-refractivity contribution in [3.63, 3.8) is 0 Å². The number of amides is 2. The first kappa shape index (κ1) is 15.1. The fourth-order valence-electron chi connectivity index (χ4n) is 1.81. The maximum absolute atomic E-state index is 11.7. The van der Waals surface area contributed by atoms with Gasteiger partial charge in [-0.15, -0.1) is 0 Å². The maximum Gasteiger partial charge on any atom is 0.317 e. The van der Waals surface area contributed by atoms with Crippen LogP contribution in [0.1, 0.15) is 20.3 Å². The van der Waals surface area contributed by atoms with Crippen LogP contribution in [0.25, 0.3) is 0 Å². The number of urea groups is 1. The van der Waals surface area contributed by atoms with Gasteiger partial charge in [-0.2, -0.15) is 11.8 Å². The normalized spacial score (nSPS) is 18.9. The van der Waals surface area contributed by atoms with Gasteiger partial charge in [0.15, 0.2) is 0 Å². The molecule has 0 saturated carbocycles. The summed E-state index contributed by atoms with van der Waals surface area (Å²) in [4.78, 5) is 24.1. The highest BCUT2D eigenvalue weighted by Gasteiger charge is 2.36. The van der Waals surface area contributed by atoms with Gasteiger partial charge in [-0.1, -0.05) is 13.8 Å². The van der Waals surface area contributed by atoms with Gasteiger partial charge in [-0.25, -0.2) is 4.79 Å². The minimum atomic E-state index is -0.783. The predicted octanol–water partition coefficient (Wildman–Crippen LogP) is 1.49. The summed E-state index contributed by atoms with van der Waals surface area (Å²) in [6.45, 7) is 5.61. The van der Waals surface area contributed by atoms with Gasteiger partial charge >= 0.3 is 12.0 Å². The molecule has 104 valence electrons. The lowest BCUT2D eigenvalue weighted by Crippen LogP contribution is -2.56. The van der Waals surface area contributed by atoms with Gasteiger partial charge in [-0.05, 0) is 12.7 Å².